The number of ketones is 1. The Bertz CT molecular complexity index is 1920. The molecule has 0 spiro atoms. The van der Waals surface area contributed by atoms with Crippen LogP contribution in [0.25, 0.3) is 28.0 Å². The largest absolute Gasteiger partial charge is 0.341 e. The van der Waals surface area contributed by atoms with E-state index in [-0.39, 0.29) is 11.7 Å². The highest BCUT2D eigenvalue weighted by atomic mass is 32.1. The minimum atomic E-state index is -0.338. The quantitative estimate of drug-likeness (QED) is 0.219. The molecule has 2 aliphatic heterocycles. The number of hydrogen-bond donors (Lipinski definition) is 1. The number of Topliss-reactive ketones (excluding diaryl/α,β-unsaturated/α-hetero) is 1. The lowest BCUT2D eigenvalue weighted by Crippen LogP contribution is -2.47. The molecule has 0 radical (unpaired) electrons. The maximum absolute atomic E-state index is 13.6. The molecule has 0 saturated carbocycles. The van der Waals surface area contributed by atoms with Crippen molar-refractivity contribution >= 4 is 39.7 Å². The summed E-state index contributed by atoms with van der Waals surface area (Å²) in [5, 5.41) is 13.7. The van der Waals surface area contributed by atoms with E-state index in [4.69, 9.17) is 19.9 Å². The van der Waals surface area contributed by atoms with Gasteiger partial charge in [-0.2, -0.15) is 5.26 Å². The fourth-order valence-corrected chi connectivity index (χ4v) is 7.05. The first-order valence-corrected chi connectivity index (χ1v) is 16.5. The Balaban J connectivity index is 1.11. The highest BCUT2D eigenvalue weighted by Crippen LogP contribution is 2.37. The Morgan fingerprint density at radius 3 is 2.43 bits per heavy atom. The molecule has 0 amide bonds. The van der Waals surface area contributed by atoms with E-state index in [1.165, 1.54) is 23.5 Å². The highest BCUT2D eigenvalue weighted by molar-refractivity contribution is 7.16. The topological polar surface area (TPSA) is 115 Å². The fourth-order valence-electron chi connectivity index (χ4n) is 6.20. The number of aromatic nitrogens is 5. The van der Waals surface area contributed by atoms with Gasteiger partial charge in [0.05, 0.1) is 5.69 Å². The number of imidazole rings is 1. The van der Waals surface area contributed by atoms with Gasteiger partial charge in [-0.1, -0.05) is 18.3 Å². The summed E-state index contributed by atoms with van der Waals surface area (Å²) in [5.41, 5.74) is 4.75. The van der Waals surface area contributed by atoms with Gasteiger partial charge in [0.1, 0.15) is 39.7 Å². The Hall–Kier alpha value is -4.73. The molecule has 46 heavy (non-hydrogen) atoms. The summed E-state index contributed by atoms with van der Waals surface area (Å²) in [4.78, 5) is 36.2. The number of nitrogens with zero attached hydrogens (tertiary/aromatic N) is 8. The summed E-state index contributed by atoms with van der Waals surface area (Å²) in [6, 6.07) is 12.3. The summed E-state index contributed by atoms with van der Waals surface area (Å²) >= 11 is 1.29. The minimum Gasteiger partial charge on any atom is -0.341 e. The van der Waals surface area contributed by atoms with E-state index in [9.17, 15) is 14.4 Å². The number of benzene rings is 1. The van der Waals surface area contributed by atoms with Crippen LogP contribution in [0.15, 0.2) is 55.0 Å². The molecule has 6 heterocycles. The highest BCUT2D eigenvalue weighted by Gasteiger charge is 2.29. The van der Waals surface area contributed by atoms with Gasteiger partial charge in [-0.3, -0.25) is 9.20 Å². The Labute approximate surface area is 270 Å². The number of hydrogen-bond acceptors (Lipinski definition) is 10. The second-order valence-electron chi connectivity index (χ2n) is 12.0. The zero-order chi connectivity index (χ0) is 31.8. The second kappa shape index (κ2) is 12.6. The molecule has 4 aromatic heterocycles. The molecule has 12 heteroatoms. The molecule has 0 aliphatic carbocycles. The van der Waals surface area contributed by atoms with Gasteiger partial charge in [-0.15, -0.1) is 0 Å². The van der Waals surface area contributed by atoms with Crippen molar-refractivity contribution in [2.24, 2.45) is 11.8 Å². The summed E-state index contributed by atoms with van der Waals surface area (Å²) in [5.74, 6) is 2.29. The Morgan fingerprint density at radius 2 is 1.78 bits per heavy atom. The summed E-state index contributed by atoms with van der Waals surface area (Å²) in [7, 11) is 1.92. The van der Waals surface area contributed by atoms with Crippen molar-refractivity contribution < 1.29 is 9.18 Å². The molecular weight excluding hydrogens is 602 g/mol. The van der Waals surface area contributed by atoms with Crippen LogP contribution >= 0.6 is 11.3 Å². The Kier molecular flexibility index (Phi) is 8.19. The zero-order valence-corrected chi connectivity index (χ0v) is 26.6. The number of fused-ring (bicyclic) bond motifs is 1. The number of rotatable bonds is 9. The smallest absolute Gasteiger partial charge is 0.225 e. The number of nitriles is 1. The predicted octanol–water partition coefficient (Wildman–Crippen LogP) is 5.65. The van der Waals surface area contributed by atoms with Crippen LogP contribution in [0.4, 0.5) is 21.3 Å². The lowest BCUT2D eigenvalue weighted by atomic mass is 9.86. The van der Waals surface area contributed by atoms with E-state index in [0.717, 1.165) is 67.3 Å². The first-order chi connectivity index (χ1) is 22.4. The SMILES string of the molecule is CCc1nc2ccc(-c3cnc(N4CCC(CC(=O)C5CNC5)CC4)nc3)cn2c1N(C)c1nc(-c2ccc(F)cc2)c(C#N)s1. The van der Waals surface area contributed by atoms with Crippen molar-refractivity contribution in [3.05, 3.63) is 71.4 Å². The van der Waals surface area contributed by atoms with Crippen LogP contribution in [-0.4, -0.2) is 63.3 Å². The van der Waals surface area contributed by atoms with Gasteiger partial charge >= 0.3 is 0 Å². The number of pyridine rings is 1. The lowest BCUT2D eigenvalue weighted by molar-refractivity contribution is -0.125. The van der Waals surface area contributed by atoms with Crippen LogP contribution in [0.2, 0.25) is 0 Å². The van der Waals surface area contributed by atoms with Crippen molar-refractivity contribution in [1.82, 2.24) is 29.7 Å². The molecule has 10 nitrogen and oxygen atoms in total. The second-order valence-corrected chi connectivity index (χ2v) is 12.9. The van der Waals surface area contributed by atoms with Crippen molar-refractivity contribution in [1.29, 1.82) is 5.26 Å². The maximum atomic E-state index is 13.6. The van der Waals surface area contributed by atoms with E-state index >= 15 is 0 Å². The van der Waals surface area contributed by atoms with Crippen molar-refractivity contribution in [3.8, 4) is 28.5 Å². The Morgan fingerprint density at radius 1 is 1.07 bits per heavy atom. The van der Waals surface area contributed by atoms with Crippen molar-refractivity contribution in [3.63, 3.8) is 0 Å². The van der Waals surface area contributed by atoms with Crippen LogP contribution in [0.5, 0.6) is 0 Å². The average Bonchev–Trinajstić information content (AvgIpc) is 3.66. The van der Waals surface area contributed by atoms with Gasteiger partial charge in [0.15, 0.2) is 5.13 Å². The standard InChI is InChI=1S/C34H34FN9OS/c1-3-27-32(42(2)34-41-31(29(15-36)46-34)22-4-7-26(35)8-5-22)44-20-23(6-9-30(44)40-27)24-18-38-33(39-19-24)43-12-10-21(11-13-43)14-28(45)25-16-37-17-25/h4-9,18-21,25,37H,3,10-14,16-17H2,1-2H3. The molecule has 234 valence electrons. The van der Waals surface area contributed by atoms with E-state index in [1.807, 2.05) is 47.1 Å². The summed E-state index contributed by atoms with van der Waals surface area (Å²) in [6.07, 6.45) is 9.10. The van der Waals surface area contributed by atoms with Gasteiger partial charge in [-0.25, -0.2) is 24.3 Å². The number of halogens is 1. The first kappa shape index (κ1) is 30.0. The normalized spacial score (nSPS) is 15.6. The van der Waals surface area contributed by atoms with E-state index in [1.54, 1.807) is 12.1 Å². The van der Waals surface area contributed by atoms with Crippen molar-refractivity contribution in [2.75, 3.05) is 43.0 Å². The molecule has 1 aromatic carbocycles. The van der Waals surface area contributed by atoms with Crippen LogP contribution < -0.4 is 15.1 Å². The third kappa shape index (κ3) is 5.72. The molecule has 0 unspecified atom stereocenters. The molecule has 1 N–H and O–H groups in total. The van der Waals surface area contributed by atoms with E-state index in [0.29, 0.717) is 51.8 Å². The first-order valence-electron chi connectivity index (χ1n) is 15.6. The number of thiazole rings is 1. The van der Waals surface area contributed by atoms with Crippen LogP contribution in [-0.2, 0) is 11.2 Å². The van der Waals surface area contributed by atoms with Gasteiger partial charge in [-0.05, 0) is 61.6 Å². The number of nitrogens with one attached hydrogen (secondary N) is 1. The average molecular weight is 636 g/mol. The minimum absolute atomic E-state index is 0.213. The molecule has 2 saturated heterocycles. The van der Waals surface area contributed by atoms with Gasteiger partial charge in [0.25, 0.3) is 0 Å². The van der Waals surface area contributed by atoms with Crippen LogP contribution in [0.1, 0.15) is 36.8 Å². The number of piperidine rings is 1. The fraction of sp³-hybridized carbons (Fsp3) is 0.353. The zero-order valence-electron chi connectivity index (χ0n) is 25.8. The van der Waals surface area contributed by atoms with E-state index in [2.05, 4.69) is 23.2 Å². The number of anilines is 3. The monoisotopic (exact) mass is 635 g/mol. The molecule has 0 bridgehead atoms. The molecule has 0 atom stereocenters. The summed E-state index contributed by atoms with van der Waals surface area (Å²) in [6.45, 7) is 5.43. The summed E-state index contributed by atoms with van der Waals surface area (Å²) < 4.78 is 15.6. The van der Waals surface area contributed by atoms with Gasteiger partial charge in [0.2, 0.25) is 5.95 Å². The molecule has 7 rings (SSSR count). The number of carbonyl (C=O) groups is 1. The third-order valence-corrected chi connectivity index (χ3v) is 10.1. The number of aryl methyl sites for hydroxylation is 1. The van der Waals surface area contributed by atoms with Crippen LogP contribution in [0, 0.1) is 29.0 Å². The maximum Gasteiger partial charge on any atom is 0.225 e. The molecule has 2 fully saturated rings. The van der Waals surface area contributed by atoms with Gasteiger partial charge < -0.3 is 15.1 Å². The molecular formula is C34H34FN9OS. The third-order valence-electron chi connectivity index (χ3n) is 9.03. The molecule has 5 aromatic rings. The predicted molar refractivity (Wildman–Crippen MR) is 177 cm³/mol. The van der Waals surface area contributed by atoms with Crippen molar-refractivity contribution in [2.45, 2.75) is 32.6 Å². The molecule has 2 aliphatic rings. The lowest BCUT2D eigenvalue weighted by Gasteiger charge is -2.33. The van der Waals surface area contributed by atoms with E-state index < -0.39 is 0 Å². The number of carbonyl (C=O) groups excluding carboxylic acids is 1. The van der Waals surface area contributed by atoms with Gasteiger partial charge in [0, 0.05) is 80.8 Å². The van der Waals surface area contributed by atoms with Crippen LogP contribution in [0.3, 0.4) is 0 Å².